The average Bonchev–Trinajstić information content (AvgIpc) is 2.83. The number of hydrogen-bond donors (Lipinski definition) is 7. The van der Waals surface area contributed by atoms with Gasteiger partial charge in [-0.3, -0.25) is 0 Å². The Morgan fingerprint density at radius 3 is 2.24 bits per heavy atom. The Morgan fingerprint density at radius 1 is 1.03 bits per heavy atom. The molecule has 0 aliphatic carbocycles. The van der Waals surface area contributed by atoms with Crippen LogP contribution in [0.25, 0.3) is 0 Å². The summed E-state index contributed by atoms with van der Waals surface area (Å²) in [5, 5.41) is 78.3. The second-order valence-electron chi connectivity index (χ2n) is 7.62. The molecule has 2 rings (SSSR count). The van der Waals surface area contributed by atoms with Crippen molar-refractivity contribution in [3.63, 3.8) is 0 Å². The first-order valence-electron chi connectivity index (χ1n) is 10.4. The number of hydrogen-bond acceptors (Lipinski definition) is 12. The van der Waals surface area contributed by atoms with Gasteiger partial charge in [-0.25, -0.2) is 0 Å². The molecule has 0 spiro atoms. The topological polar surface area (TPSA) is 202 Å². The van der Waals surface area contributed by atoms with Gasteiger partial charge >= 0.3 is 0 Å². The third kappa shape index (κ3) is 7.38. The first-order chi connectivity index (χ1) is 15.7. The van der Waals surface area contributed by atoms with Gasteiger partial charge in [0.2, 0.25) is 0 Å². The van der Waals surface area contributed by atoms with Crippen LogP contribution in [0.1, 0.15) is 18.6 Å². The normalized spacial score (nSPS) is 30.1. The second-order valence-corrected chi connectivity index (χ2v) is 7.62. The van der Waals surface area contributed by atoms with E-state index in [9.17, 15) is 41.0 Å². The largest absolute Gasteiger partial charge is 0.394 e. The highest BCUT2D eigenvalue weighted by molar-refractivity contribution is 5.22. The van der Waals surface area contributed by atoms with Crippen molar-refractivity contribution < 1.29 is 54.7 Å². The lowest BCUT2D eigenvalue weighted by Crippen LogP contribution is -2.60. The minimum atomic E-state index is -1.71. The Bertz CT molecular complexity index is 731. The van der Waals surface area contributed by atoms with Crippen LogP contribution in [0.4, 0.5) is 0 Å². The molecule has 1 aromatic rings. The van der Waals surface area contributed by atoms with Gasteiger partial charge < -0.3 is 54.7 Å². The maximum absolute atomic E-state index is 10.3. The molecule has 1 fully saturated rings. The number of benzene rings is 1. The van der Waals surface area contributed by atoms with E-state index < -0.39 is 81.2 Å². The molecule has 33 heavy (non-hydrogen) atoms. The summed E-state index contributed by atoms with van der Waals surface area (Å²) in [5.41, 5.74) is 0.483. The van der Waals surface area contributed by atoms with Crippen LogP contribution in [-0.4, -0.2) is 111 Å². The molecule has 1 aliphatic rings. The number of nitriles is 1. The molecule has 0 bridgehead atoms. The van der Waals surface area contributed by atoms with Gasteiger partial charge in [0.15, 0.2) is 18.7 Å². The lowest BCUT2D eigenvalue weighted by atomic mass is 9.99. The molecule has 1 aliphatic heterocycles. The Labute approximate surface area is 190 Å². The van der Waals surface area contributed by atoms with Crippen molar-refractivity contribution >= 4 is 0 Å². The fourth-order valence-corrected chi connectivity index (χ4v) is 3.11. The van der Waals surface area contributed by atoms with Crippen molar-refractivity contribution in [3.8, 4) is 6.07 Å². The number of nitrogens with zero attached hydrogens (tertiary/aromatic N) is 1. The molecule has 1 heterocycles. The van der Waals surface area contributed by atoms with E-state index in [0.717, 1.165) is 0 Å². The smallest absolute Gasteiger partial charge is 0.188 e. The Balaban J connectivity index is 2.09. The summed E-state index contributed by atoms with van der Waals surface area (Å²) in [6.45, 7) is -0.541. The van der Waals surface area contributed by atoms with Crippen molar-refractivity contribution in [1.29, 1.82) is 5.26 Å². The van der Waals surface area contributed by atoms with Gasteiger partial charge in [-0.15, -0.1) is 0 Å². The SMILES string of the molecule is C[C@H](O)C(CO)O[C@@H](OCC1O[C@@H](O[C@H](C#N)c2ccccc2)[C@@H](O)C(O)[C@@H]1O)[C@@H](O)CO. The summed E-state index contributed by atoms with van der Waals surface area (Å²) in [5.74, 6) is 0. The summed E-state index contributed by atoms with van der Waals surface area (Å²) in [4.78, 5) is 0. The summed E-state index contributed by atoms with van der Waals surface area (Å²) in [6, 6.07) is 10.3. The van der Waals surface area contributed by atoms with Crippen molar-refractivity contribution in [2.45, 2.75) is 68.3 Å². The molecule has 3 unspecified atom stereocenters. The second kappa shape index (κ2) is 13.2. The van der Waals surface area contributed by atoms with Gasteiger partial charge in [0, 0.05) is 0 Å². The fourth-order valence-electron chi connectivity index (χ4n) is 3.11. The minimum absolute atomic E-state index is 0.483. The summed E-state index contributed by atoms with van der Waals surface area (Å²) in [7, 11) is 0. The Hall–Kier alpha value is -1.73. The highest BCUT2D eigenvalue weighted by atomic mass is 16.7. The molecule has 0 radical (unpaired) electrons. The third-order valence-corrected chi connectivity index (χ3v) is 5.11. The van der Waals surface area contributed by atoms with Crippen molar-refractivity contribution in [2.75, 3.05) is 19.8 Å². The van der Waals surface area contributed by atoms with Crippen molar-refractivity contribution in [1.82, 2.24) is 0 Å². The molecule has 12 heteroatoms. The molecule has 186 valence electrons. The van der Waals surface area contributed by atoms with Crippen LogP contribution < -0.4 is 0 Å². The number of ether oxygens (including phenoxy) is 4. The quantitative estimate of drug-likeness (QED) is 0.158. The molecular weight excluding hydrogens is 442 g/mol. The zero-order valence-electron chi connectivity index (χ0n) is 18.0. The Morgan fingerprint density at radius 2 is 1.70 bits per heavy atom. The minimum Gasteiger partial charge on any atom is -0.394 e. The van der Waals surface area contributed by atoms with E-state index in [-0.39, 0.29) is 0 Å². The Kier molecular flexibility index (Phi) is 11.0. The van der Waals surface area contributed by atoms with Gasteiger partial charge in [-0.1, -0.05) is 30.3 Å². The van der Waals surface area contributed by atoms with Crippen LogP contribution in [-0.2, 0) is 18.9 Å². The van der Waals surface area contributed by atoms with E-state index in [2.05, 4.69) is 0 Å². The van der Waals surface area contributed by atoms with Crippen molar-refractivity contribution in [2.24, 2.45) is 0 Å². The maximum atomic E-state index is 10.3. The van der Waals surface area contributed by atoms with Crippen LogP contribution >= 0.6 is 0 Å². The third-order valence-electron chi connectivity index (χ3n) is 5.11. The summed E-state index contributed by atoms with van der Waals surface area (Å²) in [6.07, 6.45) is -14.3. The molecule has 1 aromatic carbocycles. The molecule has 10 atom stereocenters. The van der Waals surface area contributed by atoms with E-state index in [1.54, 1.807) is 30.3 Å². The monoisotopic (exact) mass is 473 g/mol. The maximum Gasteiger partial charge on any atom is 0.188 e. The van der Waals surface area contributed by atoms with Gasteiger partial charge in [-0.05, 0) is 12.5 Å². The van der Waals surface area contributed by atoms with Crippen LogP contribution in [0.3, 0.4) is 0 Å². The molecule has 7 N–H and O–H groups in total. The number of aliphatic hydroxyl groups is 7. The molecule has 0 saturated carbocycles. The fraction of sp³-hybridized carbons (Fsp3) is 0.667. The molecule has 0 aromatic heterocycles. The van der Waals surface area contributed by atoms with Gasteiger partial charge in [-0.2, -0.15) is 5.26 Å². The zero-order chi connectivity index (χ0) is 24.5. The lowest BCUT2D eigenvalue weighted by molar-refractivity contribution is -0.321. The summed E-state index contributed by atoms with van der Waals surface area (Å²) >= 11 is 0. The van der Waals surface area contributed by atoms with E-state index in [4.69, 9.17) is 18.9 Å². The number of rotatable bonds is 12. The van der Waals surface area contributed by atoms with E-state index in [1.807, 2.05) is 6.07 Å². The van der Waals surface area contributed by atoms with E-state index in [0.29, 0.717) is 5.56 Å². The molecule has 1 saturated heterocycles. The molecular formula is C21H31NO11. The molecule has 0 amide bonds. The van der Waals surface area contributed by atoms with Crippen LogP contribution in [0.15, 0.2) is 30.3 Å². The number of aliphatic hydroxyl groups excluding tert-OH is 7. The van der Waals surface area contributed by atoms with E-state index in [1.165, 1.54) is 6.92 Å². The van der Waals surface area contributed by atoms with Crippen molar-refractivity contribution in [3.05, 3.63) is 35.9 Å². The predicted molar refractivity (Wildman–Crippen MR) is 109 cm³/mol. The van der Waals surface area contributed by atoms with E-state index >= 15 is 0 Å². The molecule has 12 nitrogen and oxygen atoms in total. The zero-order valence-corrected chi connectivity index (χ0v) is 18.0. The van der Waals surface area contributed by atoms with Gasteiger partial charge in [0.25, 0.3) is 0 Å². The highest BCUT2D eigenvalue weighted by Crippen LogP contribution is 2.28. The van der Waals surface area contributed by atoms with Gasteiger partial charge in [0.1, 0.15) is 36.6 Å². The van der Waals surface area contributed by atoms with Crippen LogP contribution in [0.2, 0.25) is 0 Å². The predicted octanol–water partition coefficient (Wildman–Crippen LogP) is -2.47. The first kappa shape index (κ1) is 27.5. The first-order valence-corrected chi connectivity index (χ1v) is 10.4. The lowest BCUT2D eigenvalue weighted by Gasteiger charge is -2.41. The standard InChI is InChI=1S/C21H31NO11/c1-11(25)15(9-24)32-20(13(26)8-23)30-10-16-17(27)18(28)19(29)21(33-16)31-14(7-22)12-5-3-2-4-6-12/h2-6,11,13-21,23-29H,8-10H2,1H3/t11-,13-,14+,15?,16?,17+,18?,19-,20+,21+/m0/s1. The highest BCUT2D eigenvalue weighted by Gasteiger charge is 2.46. The average molecular weight is 473 g/mol. The van der Waals surface area contributed by atoms with Crippen LogP contribution in [0.5, 0.6) is 0 Å². The van der Waals surface area contributed by atoms with Crippen LogP contribution in [0, 0.1) is 11.3 Å². The summed E-state index contributed by atoms with van der Waals surface area (Å²) < 4.78 is 21.7. The van der Waals surface area contributed by atoms with Gasteiger partial charge in [0.05, 0.1) is 32.0 Å².